The molecule has 2 aromatic rings. The van der Waals surface area contributed by atoms with Gasteiger partial charge in [0.05, 0.1) is 30.8 Å². The highest BCUT2D eigenvalue weighted by Gasteiger charge is 2.13. The number of nitrogens with one attached hydrogen (secondary N) is 1. The molecule has 2 aromatic carbocycles. The van der Waals surface area contributed by atoms with Crippen LogP contribution in [0.4, 0.5) is 0 Å². The van der Waals surface area contributed by atoms with Gasteiger partial charge in [-0.2, -0.15) is 0 Å². The molecule has 0 bridgehead atoms. The molecule has 1 fully saturated rings. The molecule has 0 atom stereocenters. The van der Waals surface area contributed by atoms with Crippen molar-refractivity contribution in [1.29, 1.82) is 0 Å². The Morgan fingerprint density at radius 1 is 1.10 bits per heavy atom. The van der Waals surface area contributed by atoms with Gasteiger partial charge in [0.1, 0.15) is 18.8 Å². The van der Waals surface area contributed by atoms with E-state index in [2.05, 4.69) is 46.3 Å². The second kappa shape index (κ2) is 7.25. The summed E-state index contributed by atoms with van der Waals surface area (Å²) in [6.45, 7) is 5.97. The largest absolute Gasteiger partial charge is 0.492 e. The van der Waals surface area contributed by atoms with Crippen molar-refractivity contribution < 1.29 is 14.4 Å². The molecular weight excluding hydrogens is 330 g/mol. The fraction of sp³-hybridized carbons (Fsp3) is 0.412. The first-order valence-electron chi connectivity index (χ1n) is 7.56. The third kappa shape index (κ3) is 3.76. The number of halogens is 1. The van der Waals surface area contributed by atoms with Crippen molar-refractivity contribution in [2.45, 2.75) is 6.42 Å². The fourth-order valence-electron chi connectivity index (χ4n) is 2.74. The SMILES string of the molecule is Brc1c(OCCC[NH+]2CCOCC2)ccc2ccccc12. The van der Waals surface area contributed by atoms with E-state index in [9.17, 15) is 0 Å². The summed E-state index contributed by atoms with van der Waals surface area (Å²) in [5.41, 5.74) is 0. The summed E-state index contributed by atoms with van der Waals surface area (Å²) in [5.74, 6) is 0.936. The van der Waals surface area contributed by atoms with Crippen molar-refractivity contribution in [2.24, 2.45) is 0 Å². The lowest BCUT2D eigenvalue weighted by Crippen LogP contribution is -3.14. The summed E-state index contributed by atoms with van der Waals surface area (Å²) in [6.07, 6.45) is 1.08. The first-order valence-corrected chi connectivity index (χ1v) is 8.35. The maximum absolute atomic E-state index is 5.94. The molecule has 112 valence electrons. The quantitative estimate of drug-likeness (QED) is 0.836. The van der Waals surface area contributed by atoms with Gasteiger partial charge in [-0.05, 0) is 32.8 Å². The average Bonchev–Trinajstić information content (AvgIpc) is 2.55. The Hall–Kier alpha value is -1.10. The predicted molar refractivity (Wildman–Crippen MR) is 88.1 cm³/mol. The van der Waals surface area contributed by atoms with Crippen LogP contribution in [0.15, 0.2) is 40.9 Å². The van der Waals surface area contributed by atoms with Crippen LogP contribution >= 0.6 is 15.9 Å². The second-order valence-electron chi connectivity index (χ2n) is 5.41. The summed E-state index contributed by atoms with van der Waals surface area (Å²) < 4.78 is 12.4. The van der Waals surface area contributed by atoms with E-state index in [0.29, 0.717) is 0 Å². The van der Waals surface area contributed by atoms with Gasteiger partial charge in [0, 0.05) is 6.42 Å². The lowest BCUT2D eigenvalue weighted by atomic mass is 10.1. The number of quaternary nitrogens is 1. The van der Waals surface area contributed by atoms with Gasteiger partial charge in [-0.3, -0.25) is 0 Å². The van der Waals surface area contributed by atoms with Gasteiger partial charge in [-0.1, -0.05) is 30.3 Å². The Morgan fingerprint density at radius 2 is 1.90 bits per heavy atom. The molecule has 0 spiro atoms. The number of ether oxygens (including phenoxy) is 2. The van der Waals surface area contributed by atoms with Gasteiger partial charge in [0.2, 0.25) is 0 Å². The van der Waals surface area contributed by atoms with Crippen molar-refractivity contribution in [3.63, 3.8) is 0 Å². The lowest BCUT2D eigenvalue weighted by Gasteiger charge is -2.23. The molecule has 4 heteroatoms. The fourth-order valence-corrected chi connectivity index (χ4v) is 3.35. The van der Waals surface area contributed by atoms with Gasteiger partial charge >= 0.3 is 0 Å². The predicted octanol–water partition coefficient (Wildman–Crippen LogP) is 2.29. The maximum Gasteiger partial charge on any atom is 0.134 e. The minimum absolute atomic E-state index is 0.765. The van der Waals surface area contributed by atoms with Crippen molar-refractivity contribution >= 4 is 26.7 Å². The zero-order chi connectivity index (χ0) is 14.5. The summed E-state index contributed by atoms with van der Waals surface area (Å²) in [6, 6.07) is 12.5. The topological polar surface area (TPSA) is 22.9 Å². The highest BCUT2D eigenvalue weighted by atomic mass is 79.9. The summed E-state index contributed by atoms with van der Waals surface area (Å²) in [4.78, 5) is 1.63. The van der Waals surface area contributed by atoms with Crippen LogP contribution in [0.25, 0.3) is 10.8 Å². The molecule has 1 heterocycles. The minimum atomic E-state index is 0.765. The van der Waals surface area contributed by atoms with Crippen molar-refractivity contribution in [3.05, 3.63) is 40.9 Å². The molecule has 0 aliphatic carbocycles. The van der Waals surface area contributed by atoms with Crippen molar-refractivity contribution in [3.8, 4) is 5.75 Å². The Bertz CT molecular complexity index is 596. The van der Waals surface area contributed by atoms with Crippen LogP contribution in [0, 0.1) is 0 Å². The molecular formula is C17H21BrNO2+. The van der Waals surface area contributed by atoms with Crippen LogP contribution < -0.4 is 9.64 Å². The normalized spacial score (nSPS) is 16.2. The molecule has 0 saturated carbocycles. The average molecular weight is 351 g/mol. The molecule has 0 aromatic heterocycles. The Labute approximate surface area is 134 Å². The van der Waals surface area contributed by atoms with E-state index >= 15 is 0 Å². The Morgan fingerprint density at radius 3 is 2.76 bits per heavy atom. The van der Waals surface area contributed by atoms with E-state index in [1.165, 1.54) is 10.8 Å². The van der Waals surface area contributed by atoms with Crippen molar-refractivity contribution in [2.75, 3.05) is 39.5 Å². The third-order valence-corrected chi connectivity index (χ3v) is 4.78. The number of morpholine rings is 1. The van der Waals surface area contributed by atoms with E-state index in [0.717, 1.165) is 56.1 Å². The molecule has 0 amide bonds. The van der Waals surface area contributed by atoms with Gasteiger partial charge < -0.3 is 14.4 Å². The van der Waals surface area contributed by atoms with Crippen molar-refractivity contribution in [1.82, 2.24) is 0 Å². The number of benzene rings is 2. The zero-order valence-electron chi connectivity index (χ0n) is 12.1. The smallest absolute Gasteiger partial charge is 0.134 e. The maximum atomic E-state index is 5.94. The molecule has 1 aliphatic rings. The zero-order valence-corrected chi connectivity index (χ0v) is 13.7. The second-order valence-corrected chi connectivity index (χ2v) is 6.21. The van der Waals surface area contributed by atoms with Crippen LogP contribution in [0.3, 0.4) is 0 Å². The van der Waals surface area contributed by atoms with E-state index in [-0.39, 0.29) is 0 Å². The van der Waals surface area contributed by atoms with Crippen LogP contribution in [0.2, 0.25) is 0 Å². The first-order chi connectivity index (χ1) is 10.3. The molecule has 1 saturated heterocycles. The molecule has 3 nitrogen and oxygen atoms in total. The third-order valence-electron chi connectivity index (χ3n) is 3.96. The van der Waals surface area contributed by atoms with Gasteiger partial charge in [-0.25, -0.2) is 0 Å². The molecule has 3 rings (SSSR count). The monoisotopic (exact) mass is 350 g/mol. The molecule has 0 radical (unpaired) electrons. The van der Waals surface area contributed by atoms with Gasteiger partial charge in [0.25, 0.3) is 0 Å². The van der Waals surface area contributed by atoms with Crippen LogP contribution in [0.5, 0.6) is 5.75 Å². The molecule has 1 N–H and O–H groups in total. The highest BCUT2D eigenvalue weighted by molar-refractivity contribution is 9.10. The standard InChI is InChI=1S/C17H20BrNO2/c18-17-15-5-2-1-4-14(15)6-7-16(17)21-11-3-8-19-9-12-20-13-10-19/h1-2,4-7H,3,8-13H2/p+1. The van der Waals surface area contributed by atoms with Crippen LogP contribution in [0.1, 0.15) is 6.42 Å². The van der Waals surface area contributed by atoms with Gasteiger partial charge in [0.15, 0.2) is 0 Å². The lowest BCUT2D eigenvalue weighted by molar-refractivity contribution is -0.908. The van der Waals surface area contributed by atoms with Gasteiger partial charge in [-0.15, -0.1) is 0 Å². The minimum Gasteiger partial charge on any atom is -0.492 e. The highest BCUT2D eigenvalue weighted by Crippen LogP contribution is 2.32. The van der Waals surface area contributed by atoms with E-state index in [1.807, 2.05) is 6.07 Å². The molecule has 21 heavy (non-hydrogen) atoms. The Balaban J connectivity index is 1.54. The van der Waals surface area contributed by atoms with Crippen LogP contribution in [-0.2, 0) is 4.74 Å². The van der Waals surface area contributed by atoms with Crippen LogP contribution in [-0.4, -0.2) is 39.5 Å². The van der Waals surface area contributed by atoms with E-state index < -0.39 is 0 Å². The summed E-state index contributed by atoms with van der Waals surface area (Å²) in [5, 5.41) is 2.43. The summed E-state index contributed by atoms with van der Waals surface area (Å²) in [7, 11) is 0. The van der Waals surface area contributed by atoms with E-state index in [4.69, 9.17) is 9.47 Å². The molecule has 0 unspecified atom stereocenters. The molecule has 1 aliphatic heterocycles. The number of rotatable bonds is 5. The number of hydrogen-bond acceptors (Lipinski definition) is 2. The number of fused-ring (bicyclic) bond motifs is 1. The first kappa shape index (κ1) is 14.8. The number of hydrogen-bond donors (Lipinski definition) is 1. The van der Waals surface area contributed by atoms with E-state index in [1.54, 1.807) is 4.90 Å². The summed E-state index contributed by atoms with van der Waals surface area (Å²) >= 11 is 3.66. The Kier molecular flexibility index (Phi) is 5.12.